The molecule has 0 aliphatic carbocycles. The molecule has 20 heavy (non-hydrogen) atoms. The van der Waals surface area contributed by atoms with E-state index >= 15 is 0 Å². The quantitative estimate of drug-likeness (QED) is 0.774. The third kappa shape index (κ3) is 3.43. The molecule has 0 aliphatic heterocycles. The third-order valence-electron chi connectivity index (χ3n) is 3.74. The molecule has 0 aromatic heterocycles. The van der Waals surface area contributed by atoms with E-state index in [1.807, 2.05) is 0 Å². The van der Waals surface area contributed by atoms with Gasteiger partial charge in [-0.1, -0.05) is 40.5 Å². The van der Waals surface area contributed by atoms with Gasteiger partial charge in [0.2, 0.25) is 0 Å². The van der Waals surface area contributed by atoms with Crippen LogP contribution in [0.15, 0.2) is 34.8 Å². The second-order valence-corrected chi connectivity index (χ2v) is 6.30. The molecule has 0 heterocycles. The molecular weight excluding hydrogens is 310 g/mol. The zero-order chi connectivity index (χ0) is 14.7. The van der Waals surface area contributed by atoms with Crippen molar-refractivity contribution in [1.82, 2.24) is 0 Å². The fourth-order valence-electron chi connectivity index (χ4n) is 2.70. The number of aryl methyl sites for hydroxylation is 4. The van der Waals surface area contributed by atoms with Crippen LogP contribution in [0.5, 0.6) is 0 Å². The second kappa shape index (κ2) is 6.45. The zero-order valence-corrected chi connectivity index (χ0v) is 14.3. The maximum atomic E-state index is 3.59. The van der Waals surface area contributed by atoms with Gasteiger partial charge in [-0.2, -0.15) is 0 Å². The molecule has 0 unspecified atom stereocenters. The first-order chi connectivity index (χ1) is 9.51. The monoisotopic (exact) mass is 331 g/mol. The van der Waals surface area contributed by atoms with Crippen molar-refractivity contribution < 1.29 is 0 Å². The van der Waals surface area contributed by atoms with Gasteiger partial charge in [-0.05, 0) is 67.6 Å². The molecule has 106 valence electrons. The fraction of sp³-hybridized carbons (Fsp3) is 0.333. The molecule has 0 aliphatic rings. The lowest BCUT2D eigenvalue weighted by Gasteiger charge is -2.15. The minimum Gasteiger partial charge on any atom is -0.381 e. The average Bonchev–Trinajstić information content (AvgIpc) is 2.38. The fourth-order valence-corrected chi connectivity index (χ4v) is 3.11. The summed E-state index contributed by atoms with van der Waals surface area (Å²) in [7, 11) is 0. The predicted molar refractivity (Wildman–Crippen MR) is 91.5 cm³/mol. The standard InChI is InChI=1S/C18H22BrN/c1-5-15-10-16(19)6-7-18(15)20-11-17-13(3)8-12(2)9-14(17)4/h6-10,20H,5,11H2,1-4H3. The Bertz CT molecular complexity index is 594. The lowest BCUT2D eigenvalue weighted by molar-refractivity contribution is 1.06. The molecule has 0 fully saturated rings. The first-order valence-corrected chi connectivity index (χ1v) is 7.89. The van der Waals surface area contributed by atoms with Gasteiger partial charge in [-0.15, -0.1) is 0 Å². The minimum absolute atomic E-state index is 0.882. The van der Waals surface area contributed by atoms with Crippen molar-refractivity contribution >= 4 is 21.6 Å². The molecule has 1 N–H and O–H groups in total. The summed E-state index contributed by atoms with van der Waals surface area (Å²) in [6.45, 7) is 9.61. The summed E-state index contributed by atoms with van der Waals surface area (Å²) in [6, 6.07) is 11.0. The van der Waals surface area contributed by atoms with Gasteiger partial charge in [-0.3, -0.25) is 0 Å². The Morgan fingerprint density at radius 2 is 1.65 bits per heavy atom. The molecule has 1 nitrogen and oxygen atoms in total. The van der Waals surface area contributed by atoms with Crippen molar-refractivity contribution in [3.8, 4) is 0 Å². The molecular formula is C18H22BrN. The largest absolute Gasteiger partial charge is 0.381 e. The Labute approximate surface area is 130 Å². The van der Waals surface area contributed by atoms with E-state index in [1.54, 1.807) is 0 Å². The van der Waals surface area contributed by atoms with Gasteiger partial charge in [0.05, 0.1) is 0 Å². The van der Waals surface area contributed by atoms with Crippen LogP contribution in [0.1, 0.15) is 34.7 Å². The normalized spacial score (nSPS) is 10.7. The van der Waals surface area contributed by atoms with E-state index in [9.17, 15) is 0 Å². The molecule has 0 saturated carbocycles. The van der Waals surface area contributed by atoms with Gasteiger partial charge in [0, 0.05) is 16.7 Å². The summed E-state index contributed by atoms with van der Waals surface area (Å²) >= 11 is 3.54. The zero-order valence-electron chi connectivity index (χ0n) is 12.7. The van der Waals surface area contributed by atoms with Gasteiger partial charge in [0.15, 0.2) is 0 Å². The van der Waals surface area contributed by atoms with Gasteiger partial charge >= 0.3 is 0 Å². The molecule has 2 aromatic rings. The summed E-state index contributed by atoms with van der Waals surface area (Å²) in [4.78, 5) is 0. The Hall–Kier alpha value is -1.28. The van der Waals surface area contributed by atoms with Crippen molar-refractivity contribution in [3.63, 3.8) is 0 Å². The van der Waals surface area contributed by atoms with Crippen molar-refractivity contribution in [2.24, 2.45) is 0 Å². The van der Waals surface area contributed by atoms with Crippen LogP contribution in [0.3, 0.4) is 0 Å². The van der Waals surface area contributed by atoms with Crippen molar-refractivity contribution in [2.75, 3.05) is 5.32 Å². The number of hydrogen-bond donors (Lipinski definition) is 1. The summed E-state index contributed by atoms with van der Waals surface area (Å²) in [6.07, 6.45) is 1.04. The lowest BCUT2D eigenvalue weighted by Crippen LogP contribution is -2.05. The molecule has 0 spiro atoms. The van der Waals surface area contributed by atoms with E-state index in [0.29, 0.717) is 0 Å². The number of halogens is 1. The molecule has 0 radical (unpaired) electrons. The number of benzene rings is 2. The van der Waals surface area contributed by atoms with Crippen LogP contribution < -0.4 is 5.32 Å². The van der Waals surface area contributed by atoms with Crippen molar-refractivity contribution in [2.45, 2.75) is 40.7 Å². The summed E-state index contributed by atoms with van der Waals surface area (Å²) in [5, 5.41) is 3.59. The van der Waals surface area contributed by atoms with Crippen LogP contribution in [-0.4, -0.2) is 0 Å². The van der Waals surface area contributed by atoms with Crippen LogP contribution >= 0.6 is 15.9 Å². The summed E-state index contributed by atoms with van der Waals surface area (Å²) in [5.41, 5.74) is 8.05. The molecule has 2 aromatic carbocycles. The first-order valence-electron chi connectivity index (χ1n) is 7.10. The van der Waals surface area contributed by atoms with E-state index in [2.05, 4.69) is 79.3 Å². The van der Waals surface area contributed by atoms with Crippen LogP contribution in [0, 0.1) is 20.8 Å². The van der Waals surface area contributed by atoms with Crippen LogP contribution in [0.4, 0.5) is 5.69 Å². The second-order valence-electron chi connectivity index (χ2n) is 5.39. The SMILES string of the molecule is CCc1cc(Br)ccc1NCc1c(C)cc(C)cc1C. The highest BCUT2D eigenvalue weighted by Gasteiger charge is 2.06. The molecule has 0 bridgehead atoms. The van der Waals surface area contributed by atoms with E-state index < -0.39 is 0 Å². The maximum Gasteiger partial charge on any atom is 0.0406 e. The Balaban J connectivity index is 2.21. The van der Waals surface area contributed by atoms with Gasteiger partial charge < -0.3 is 5.32 Å². The smallest absolute Gasteiger partial charge is 0.0406 e. The summed E-state index contributed by atoms with van der Waals surface area (Å²) in [5.74, 6) is 0. The Morgan fingerprint density at radius 3 is 2.25 bits per heavy atom. The average molecular weight is 332 g/mol. The van der Waals surface area contributed by atoms with E-state index in [1.165, 1.54) is 33.5 Å². The van der Waals surface area contributed by atoms with Crippen LogP contribution in [0.25, 0.3) is 0 Å². The van der Waals surface area contributed by atoms with Gasteiger partial charge in [-0.25, -0.2) is 0 Å². The molecule has 0 atom stereocenters. The highest BCUT2D eigenvalue weighted by atomic mass is 79.9. The maximum absolute atomic E-state index is 3.59. The highest BCUT2D eigenvalue weighted by molar-refractivity contribution is 9.10. The van der Waals surface area contributed by atoms with Crippen LogP contribution in [-0.2, 0) is 13.0 Å². The number of rotatable bonds is 4. The number of hydrogen-bond acceptors (Lipinski definition) is 1. The van der Waals surface area contributed by atoms with Gasteiger partial charge in [0.25, 0.3) is 0 Å². The van der Waals surface area contributed by atoms with Gasteiger partial charge in [0.1, 0.15) is 0 Å². The van der Waals surface area contributed by atoms with Crippen molar-refractivity contribution in [3.05, 3.63) is 62.6 Å². The molecule has 2 rings (SSSR count). The van der Waals surface area contributed by atoms with Crippen LogP contribution in [0.2, 0.25) is 0 Å². The lowest BCUT2D eigenvalue weighted by atomic mass is 9.99. The van der Waals surface area contributed by atoms with E-state index in [-0.39, 0.29) is 0 Å². The molecule has 0 saturated heterocycles. The molecule has 2 heteroatoms. The Morgan fingerprint density at radius 1 is 1.00 bits per heavy atom. The topological polar surface area (TPSA) is 12.0 Å². The van der Waals surface area contributed by atoms with E-state index in [4.69, 9.17) is 0 Å². The summed E-state index contributed by atoms with van der Waals surface area (Å²) < 4.78 is 1.14. The van der Waals surface area contributed by atoms with E-state index in [0.717, 1.165) is 17.4 Å². The minimum atomic E-state index is 0.882. The number of anilines is 1. The number of nitrogens with one attached hydrogen (secondary N) is 1. The first kappa shape index (κ1) is 15.1. The highest BCUT2D eigenvalue weighted by Crippen LogP contribution is 2.23. The molecule has 0 amide bonds. The van der Waals surface area contributed by atoms with Crippen molar-refractivity contribution in [1.29, 1.82) is 0 Å². The Kier molecular flexibility index (Phi) is 4.87. The predicted octanol–water partition coefficient (Wildman–Crippen LogP) is 5.55. The third-order valence-corrected chi connectivity index (χ3v) is 4.24.